The summed E-state index contributed by atoms with van der Waals surface area (Å²) in [5, 5.41) is 0.940. The van der Waals surface area contributed by atoms with E-state index in [1.54, 1.807) is 0 Å². The van der Waals surface area contributed by atoms with Crippen molar-refractivity contribution in [3.63, 3.8) is 0 Å². The molecule has 0 bridgehead atoms. The fraction of sp³-hybridized carbons (Fsp3) is 1.00. The highest BCUT2D eigenvalue weighted by Crippen LogP contribution is 2.43. The third-order valence-electron chi connectivity index (χ3n) is 2.69. The van der Waals surface area contributed by atoms with Gasteiger partial charge in [0.15, 0.2) is 0 Å². The van der Waals surface area contributed by atoms with Gasteiger partial charge in [-0.25, -0.2) is 0 Å². The van der Waals surface area contributed by atoms with E-state index in [1.807, 2.05) is 0 Å². The van der Waals surface area contributed by atoms with Gasteiger partial charge in [0.05, 0.1) is 6.10 Å². The molecule has 0 radical (unpaired) electrons. The lowest BCUT2D eigenvalue weighted by molar-refractivity contribution is 0.00535. The smallest absolute Gasteiger partial charge is 0.146 e. The summed E-state index contributed by atoms with van der Waals surface area (Å²) in [5.74, 6) is 0.576. The van der Waals surface area contributed by atoms with E-state index in [4.69, 9.17) is 4.43 Å². The Balaban J connectivity index is 4.91. The minimum atomic E-state index is 0.293. The number of hydrogen-bond donors (Lipinski definition) is 0. The first-order valence-electron chi connectivity index (χ1n) is 5.23. The van der Waals surface area contributed by atoms with Crippen molar-refractivity contribution in [3.8, 4) is 0 Å². The van der Waals surface area contributed by atoms with Gasteiger partial charge in [0.25, 0.3) is 0 Å². The second-order valence-electron chi connectivity index (χ2n) is 6.14. The van der Waals surface area contributed by atoms with Crippen LogP contribution in [0, 0.1) is 16.7 Å². The summed E-state index contributed by atoms with van der Waals surface area (Å²) in [6, 6.07) is 0. The molecule has 0 aliphatic carbocycles. The van der Waals surface area contributed by atoms with Crippen molar-refractivity contribution in [2.75, 3.05) is 5.33 Å². The van der Waals surface area contributed by atoms with Crippen LogP contribution in [0.4, 0.5) is 0 Å². The van der Waals surface area contributed by atoms with Crippen LogP contribution in [0.1, 0.15) is 41.5 Å². The van der Waals surface area contributed by atoms with Crippen LogP contribution in [0.5, 0.6) is 0 Å². The largest absolute Gasteiger partial charge is 0.424 e. The minimum absolute atomic E-state index is 0.293. The van der Waals surface area contributed by atoms with Gasteiger partial charge in [-0.3, -0.25) is 0 Å². The SMILES string of the molecule is CC(C)(C)C(C(CBr)O[SiH3])C(C)(C)C. The van der Waals surface area contributed by atoms with Crippen LogP contribution in [0.3, 0.4) is 0 Å². The van der Waals surface area contributed by atoms with Crippen LogP contribution in [0.25, 0.3) is 0 Å². The normalized spacial score (nSPS) is 16.3. The molecule has 0 rings (SSSR count). The lowest BCUT2D eigenvalue weighted by Crippen LogP contribution is -2.43. The van der Waals surface area contributed by atoms with Gasteiger partial charge in [-0.05, 0) is 16.7 Å². The van der Waals surface area contributed by atoms with Crippen LogP contribution in [-0.4, -0.2) is 21.9 Å². The maximum Gasteiger partial charge on any atom is 0.146 e. The standard InChI is InChI=1S/C11H25BrOSi/c1-10(2,3)9(11(4,5)6)8(7-12)13-14/h8-9H,7H2,1-6,14H3. The van der Waals surface area contributed by atoms with E-state index in [1.165, 1.54) is 0 Å². The summed E-state index contributed by atoms with van der Waals surface area (Å²) < 4.78 is 5.71. The molecule has 86 valence electrons. The molecule has 0 aromatic rings. The molecule has 14 heavy (non-hydrogen) atoms. The zero-order valence-corrected chi connectivity index (χ0v) is 14.2. The predicted octanol–water partition coefficient (Wildman–Crippen LogP) is 2.76. The summed E-state index contributed by atoms with van der Waals surface area (Å²) in [6.07, 6.45) is 0.349. The molecule has 0 N–H and O–H groups in total. The maximum absolute atomic E-state index is 5.71. The average Bonchev–Trinajstić information content (AvgIpc) is 1.94. The topological polar surface area (TPSA) is 9.23 Å². The molecule has 0 saturated carbocycles. The number of halogens is 1. The van der Waals surface area contributed by atoms with E-state index in [0.717, 1.165) is 15.8 Å². The second-order valence-corrected chi connectivity index (χ2v) is 7.26. The first kappa shape index (κ1) is 14.7. The van der Waals surface area contributed by atoms with Crippen molar-refractivity contribution in [3.05, 3.63) is 0 Å². The molecular formula is C11H25BrOSi. The number of hydrogen-bond acceptors (Lipinski definition) is 1. The zero-order chi connectivity index (χ0) is 11.6. The van der Waals surface area contributed by atoms with Crippen molar-refractivity contribution in [1.29, 1.82) is 0 Å². The van der Waals surface area contributed by atoms with Crippen LogP contribution < -0.4 is 0 Å². The lowest BCUT2D eigenvalue weighted by atomic mass is 9.64. The van der Waals surface area contributed by atoms with Crippen molar-refractivity contribution in [2.24, 2.45) is 16.7 Å². The average molecular weight is 281 g/mol. The first-order chi connectivity index (χ1) is 6.14. The van der Waals surface area contributed by atoms with Crippen LogP contribution in [-0.2, 0) is 4.43 Å². The summed E-state index contributed by atoms with van der Waals surface area (Å²) in [5.41, 5.74) is 0.586. The molecule has 1 nitrogen and oxygen atoms in total. The number of rotatable bonds is 3. The van der Waals surface area contributed by atoms with Gasteiger partial charge in [0, 0.05) is 5.33 Å². The highest BCUT2D eigenvalue weighted by Gasteiger charge is 2.39. The third-order valence-corrected chi connectivity index (χ3v) is 3.94. The van der Waals surface area contributed by atoms with Gasteiger partial charge in [-0.2, -0.15) is 0 Å². The molecule has 0 fully saturated rings. The van der Waals surface area contributed by atoms with Gasteiger partial charge in [-0.15, -0.1) is 0 Å². The molecule has 0 aliphatic heterocycles. The summed E-state index contributed by atoms with van der Waals surface area (Å²) in [6.45, 7) is 13.8. The Kier molecular flexibility index (Phi) is 5.37. The van der Waals surface area contributed by atoms with E-state index in [2.05, 4.69) is 57.5 Å². The maximum atomic E-state index is 5.71. The molecule has 0 amide bonds. The van der Waals surface area contributed by atoms with Gasteiger partial charge < -0.3 is 4.43 Å². The molecule has 0 saturated heterocycles. The summed E-state index contributed by atoms with van der Waals surface area (Å²) in [4.78, 5) is 0. The molecule has 3 heteroatoms. The lowest BCUT2D eigenvalue weighted by Gasteiger charge is -2.44. The Morgan fingerprint density at radius 1 is 1.07 bits per heavy atom. The third kappa shape index (κ3) is 4.03. The zero-order valence-electron chi connectivity index (χ0n) is 10.6. The molecular weight excluding hydrogens is 256 g/mol. The molecule has 0 aromatic carbocycles. The minimum Gasteiger partial charge on any atom is -0.424 e. The summed E-state index contributed by atoms with van der Waals surface area (Å²) >= 11 is 3.56. The van der Waals surface area contributed by atoms with Crippen LogP contribution >= 0.6 is 15.9 Å². The van der Waals surface area contributed by atoms with Crippen LogP contribution in [0.15, 0.2) is 0 Å². The Morgan fingerprint density at radius 2 is 1.43 bits per heavy atom. The highest BCUT2D eigenvalue weighted by atomic mass is 79.9. The van der Waals surface area contributed by atoms with Crippen molar-refractivity contribution in [1.82, 2.24) is 0 Å². The molecule has 0 aliphatic rings. The van der Waals surface area contributed by atoms with E-state index in [0.29, 0.717) is 22.9 Å². The Bertz CT molecular complexity index is 151. The molecule has 0 spiro atoms. The first-order valence-corrected chi connectivity index (χ1v) is 7.17. The van der Waals surface area contributed by atoms with Crippen molar-refractivity contribution >= 4 is 26.4 Å². The Morgan fingerprint density at radius 3 is 1.50 bits per heavy atom. The van der Waals surface area contributed by atoms with Gasteiger partial charge >= 0.3 is 0 Å². The fourth-order valence-electron chi connectivity index (χ4n) is 2.70. The fourth-order valence-corrected chi connectivity index (χ4v) is 4.27. The molecule has 1 atom stereocenters. The highest BCUT2D eigenvalue weighted by molar-refractivity contribution is 9.09. The number of alkyl halides is 1. The molecule has 1 unspecified atom stereocenters. The quantitative estimate of drug-likeness (QED) is 0.571. The Labute approximate surface area is 101 Å². The predicted molar refractivity (Wildman–Crippen MR) is 71.0 cm³/mol. The molecule has 0 heterocycles. The van der Waals surface area contributed by atoms with E-state index < -0.39 is 0 Å². The Hall–Kier alpha value is 0.657. The van der Waals surface area contributed by atoms with E-state index in [-0.39, 0.29) is 0 Å². The van der Waals surface area contributed by atoms with Crippen molar-refractivity contribution in [2.45, 2.75) is 47.6 Å². The second kappa shape index (κ2) is 5.13. The van der Waals surface area contributed by atoms with Gasteiger partial charge in [-0.1, -0.05) is 57.5 Å². The van der Waals surface area contributed by atoms with Gasteiger partial charge in [0.1, 0.15) is 10.5 Å². The monoisotopic (exact) mass is 280 g/mol. The van der Waals surface area contributed by atoms with E-state index >= 15 is 0 Å². The molecule has 0 aromatic heterocycles. The van der Waals surface area contributed by atoms with Crippen LogP contribution in [0.2, 0.25) is 0 Å². The van der Waals surface area contributed by atoms with E-state index in [9.17, 15) is 0 Å². The summed E-state index contributed by atoms with van der Waals surface area (Å²) in [7, 11) is 0.817. The van der Waals surface area contributed by atoms with Gasteiger partial charge in [0.2, 0.25) is 0 Å². The van der Waals surface area contributed by atoms with Crippen molar-refractivity contribution < 1.29 is 4.43 Å².